The normalized spacial score (nSPS) is 11.6. The maximum Gasteiger partial charge on any atom is 0.416 e. The lowest BCUT2D eigenvalue weighted by Crippen LogP contribution is -2.37. The zero-order valence-corrected chi connectivity index (χ0v) is 17.7. The summed E-state index contributed by atoms with van der Waals surface area (Å²) in [4.78, 5) is 12.4. The molecule has 0 fully saturated rings. The smallest absolute Gasteiger partial charge is 0.416 e. The molecule has 1 N–H and O–H groups in total. The number of sulfonamides is 1. The van der Waals surface area contributed by atoms with Gasteiger partial charge in [0.05, 0.1) is 17.5 Å². The summed E-state index contributed by atoms with van der Waals surface area (Å²) in [6, 6.07) is 19.1. The standard InChI is InChI=1S/C22H19F3N2O4S/c1-32(29,30)27(15-21(28)26-17-7-5-6-16(14-17)22(23,24)25)18-10-12-20(13-11-18)31-19-8-3-2-4-9-19/h2-14H,15H2,1H3,(H,26,28). The molecule has 6 nitrogen and oxygen atoms in total. The summed E-state index contributed by atoms with van der Waals surface area (Å²) in [5.74, 6) is 0.266. The fourth-order valence-corrected chi connectivity index (χ4v) is 3.67. The van der Waals surface area contributed by atoms with Gasteiger partial charge in [0.2, 0.25) is 15.9 Å². The van der Waals surface area contributed by atoms with E-state index in [4.69, 9.17) is 4.74 Å². The van der Waals surface area contributed by atoms with Gasteiger partial charge in [-0.3, -0.25) is 9.10 Å². The molecular formula is C22H19F3N2O4S. The van der Waals surface area contributed by atoms with Crippen molar-refractivity contribution in [3.05, 3.63) is 84.4 Å². The van der Waals surface area contributed by atoms with E-state index in [1.807, 2.05) is 6.07 Å². The first-order valence-corrected chi connectivity index (χ1v) is 11.1. The number of hydrogen-bond acceptors (Lipinski definition) is 4. The van der Waals surface area contributed by atoms with E-state index in [1.54, 1.807) is 36.4 Å². The summed E-state index contributed by atoms with van der Waals surface area (Å²) in [5, 5.41) is 2.30. The van der Waals surface area contributed by atoms with Crippen LogP contribution in [0.5, 0.6) is 11.5 Å². The third-order valence-electron chi connectivity index (χ3n) is 4.26. The number of para-hydroxylation sites is 1. The second-order valence-electron chi connectivity index (χ2n) is 6.81. The molecule has 0 aliphatic rings. The highest BCUT2D eigenvalue weighted by molar-refractivity contribution is 7.92. The Morgan fingerprint density at radius 2 is 1.56 bits per heavy atom. The Kier molecular flexibility index (Phi) is 6.73. The molecule has 0 radical (unpaired) electrons. The largest absolute Gasteiger partial charge is 0.457 e. The van der Waals surface area contributed by atoms with E-state index < -0.39 is 34.2 Å². The molecule has 32 heavy (non-hydrogen) atoms. The molecule has 0 saturated heterocycles. The van der Waals surface area contributed by atoms with E-state index in [0.29, 0.717) is 11.5 Å². The topological polar surface area (TPSA) is 75.7 Å². The van der Waals surface area contributed by atoms with Crippen molar-refractivity contribution in [2.45, 2.75) is 6.18 Å². The Morgan fingerprint density at radius 3 is 2.16 bits per heavy atom. The highest BCUT2D eigenvalue weighted by Crippen LogP contribution is 2.31. The van der Waals surface area contributed by atoms with Crippen molar-refractivity contribution in [2.75, 3.05) is 22.4 Å². The number of hydrogen-bond donors (Lipinski definition) is 1. The van der Waals surface area contributed by atoms with E-state index in [-0.39, 0.29) is 11.4 Å². The average molecular weight is 464 g/mol. The third kappa shape index (κ3) is 6.24. The Labute approximate surface area is 183 Å². The lowest BCUT2D eigenvalue weighted by Gasteiger charge is -2.22. The van der Waals surface area contributed by atoms with Gasteiger partial charge < -0.3 is 10.1 Å². The highest BCUT2D eigenvalue weighted by Gasteiger charge is 2.30. The molecule has 168 valence electrons. The number of carbonyl (C=O) groups is 1. The molecule has 10 heteroatoms. The maximum atomic E-state index is 12.9. The molecule has 0 spiro atoms. The number of benzene rings is 3. The van der Waals surface area contributed by atoms with Crippen LogP contribution in [0.4, 0.5) is 24.5 Å². The van der Waals surface area contributed by atoms with Crippen molar-refractivity contribution >= 4 is 27.3 Å². The minimum Gasteiger partial charge on any atom is -0.457 e. The summed E-state index contributed by atoms with van der Waals surface area (Å²) < 4.78 is 69.6. The van der Waals surface area contributed by atoms with Crippen LogP contribution < -0.4 is 14.4 Å². The van der Waals surface area contributed by atoms with Crippen LogP contribution >= 0.6 is 0 Å². The quantitative estimate of drug-likeness (QED) is 0.540. The fourth-order valence-electron chi connectivity index (χ4n) is 2.81. The third-order valence-corrected chi connectivity index (χ3v) is 5.41. The van der Waals surface area contributed by atoms with Crippen molar-refractivity contribution in [1.29, 1.82) is 0 Å². The number of halogens is 3. The summed E-state index contributed by atoms with van der Waals surface area (Å²) in [6.45, 7) is -0.617. The molecule has 3 aromatic carbocycles. The number of anilines is 2. The highest BCUT2D eigenvalue weighted by atomic mass is 32.2. The predicted octanol–water partition coefficient (Wildman–Crippen LogP) is 4.90. The molecular weight excluding hydrogens is 445 g/mol. The lowest BCUT2D eigenvalue weighted by molar-refractivity contribution is -0.137. The number of alkyl halides is 3. The summed E-state index contributed by atoms with van der Waals surface area (Å²) in [6.07, 6.45) is -3.64. The van der Waals surface area contributed by atoms with Crippen LogP contribution in [0.15, 0.2) is 78.9 Å². The van der Waals surface area contributed by atoms with E-state index in [1.165, 1.54) is 18.2 Å². The van der Waals surface area contributed by atoms with Gasteiger partial charge in [-0.25, -0.2) is 8.42 Å². The second kappa shape index (κ2) is 9.31. The maximum absolute atomic E-state index is 12.9. The molecule has 0 unspecified atom stereocenters. The van der Waals surface area contributed by atoms with Crippen LogP contribution in [0.3, 0.4) is 0 Å². The van der Waals surface area contributed by atoms with Crippen molar-refractivity contribution in [3.8, 4) is 11.5 Å². The van der Waals surface area contributed by atoms with Crippen molar-refractivity contribution in [3.63, 3.8) is 0 Å². The van der Waals surface area contributed by atoms with E-state index >= 15 is 0 Å². The lowest BCUT2D eigenvalue weighted by atomic mass is 10.2. The molecule has 0 aliphatic carbocycles. The van der Waals surface area contributed by atoms with Gasteiger partial charge in [-0.2, -0.15) is 13.2 Å². The molecule has 0 atom stereocenters. The number of rotatable bonds is 7. The van der Waals surface area contributed by atoms with Crippen molar-refractivity contribution < 1.29 is 31.1 Å². The number of nitrogens with one attached hydrogen (secondary N) is 1. The molecule has 0 aliphatic heterocycles. The van der Waals surface area contributed by atoms with Gasteiger partial charge in [-0.05, 0) is 54.6 Å². The van der Waals surface area contributed by atoms with E-state index in [2.05, 4.69) is 5.32 Å². The molecule has 0 aromatic heterocycles. The Hall–Kier alpha value is -3.53. The van der Waals surface area contributed by atoms with Gasteiger partial charge in [0.25, 0.3) is 0 Å². The van der Waals surface area contributed by atoms with Gasteiger partial charge in [0, 0.05) is 5.69 Å². The number of carbonyl (C=O) groups excluding carboxylic acids is 1. The van der Waals surface area contributed by atoms with Crippen LogP contribution in [0, 0.1) is 0 Å². The monoisotopic (exact) mass is 464 g/mol. The Balaban J connectivity index is 1.74. The SMILES string of the molecule is CS(=O)(=O)N(CC(=O)Nc1cccc(C(F)(F)F)c1)c1ccc(Oc2ccccc2)cc1. The Bertz CT molecular complexity index is 1180. The van der Waals surface area contributed by atoms with Crippen LogP contribution in [-0.4, -0.2) is 27.1 Å². The van der Waals surface area contributed by atoms with Gasteiger partial charge in [0.1, 0.15) is 18.0 Å². The summed E-state index contributed by atoms with van der Waals surface area (Å²) in [5.41, 5.74) is -0.818. The summed E-state index contributed by atoms with van der Waals surface area (Å²) in [7, 11) is -3.86. The summed E-state index contributed by atoms with van der Waals surface area (Å²) >= 11 is 0. The predicted molar refractivity (Wildman–Crippen MR) is 115 cm³/mol. The van der Waals surface area contributed by atoms with Crippen LogP contribution in [0.1, 0.15) is 5.56 Å². The first-order chi connectivity index (χ1) is 15.0. The number of ether oxygens (including phenoxy) is 1. The molecule has 3 aromatic rings. The molecule has 0 bridgehead atoms. The first kappa shape index (κ1) is 23.1. The zero-order valence-electron chi connectivity index (χ0n) is 16.8. The molecule has 0 saturated carbocycles. The van der Waals surface area contributed by atoms with Crippen LogP contribution in [-0.2, 0) is 21.0 Å². The minimum absolute atomic E-state index is 0.0927. The number of amides is 1. The van der Waals surface area contributed by atoms with E-state index in [0.717, 1.165) is 28.8 Å². The van der Waals surface area contributed by atoms with E-state index in [9.17, 15) is 26.4 Å². The molecule has 0 heterocycles. The second-order valence-corrected chi connectivity index (χ2v) is 8.71. The van der Waals surface area contributed by atoms with Crippen molar-refractivity contribution in [1.82, 2.24) is 0 Å². The van der Waals surface area contributed by atoms with Crippen LogP contribution in [0.25, 0.3) is 0 Å². The van der Waals surface area contributed by atoms with Gasteiger partial charge in [-0.1, -0.05) is 24.3 Å². The zero-order chi connectivity index (χ0) is 23.4. The fraction of sp³-hybridized carbons (Fsp3) is 0.136. The van der Waals surface area contributed by atoms with Gasteiger partial charge in [-0.15, -0.1) is 0 Å². The van der Waals surface area contributed by atoms with Crippen molar-refractivity contribution in [2.24, 2.45) is 0 Å². The van der Waals surface area contributed by atoms with Gasteiger partial charge >= 0.3 is 6.18 Å². The van der Waals surface area contributed by atoms with Crippen LogP contribution in [0.2, 0.25) is 0 Å². The minimum atomic E-state index is -4.57. The first-order valence-electron chi connectivity index (χ1n) is 9.30. The average Bonchev–Trinajstić information content (AvgIpc) is 2.72. The molecule has 3 rings (SSSR count). The van der Waals surface area contributed by atoms with Gasteiger partial charge in [0.15, 0.2) is 0 Å². The number of nitrogens with zero attached hydrogens (tertiary/aromatic N) is 1. The Morgan fingerprint density at radius 1 is 0.938 bits per heavy atom. The molecule has 1 amide bonds.